The van der Waals surface area contributed by atoms with Crippen molar-refractivity contribution in [1.82, 2.24) is 0 Å². The lowest BCUT2D eigenvalue weighted by Crippen LogP contribution is -2.08. The Bertz CT molecular complexity index is 919. The number of para-hydroxylation sites is 1. The fourth-order valence-corrected chi connectivity index (χ4v) is 4.82. The Morgan fingerprint density at radius 2 is 1.06 bits per heavy atom. The van der Waals surface area contributed by atoms with Crippen molar-refractivity contribution in [2.45, 2.75) is 117 Å². The van der Waals surface area contributed by atoms with E-state index in [4.69, 9.17) is 9.47 Å². The fraction of sp³-hybridized carbons (Fsp3) is 0.600. The molecule has 0 saturated carbocycles. The maximum absolute atomic E-state index is 11.0. The van der Waals surface area contributed by atoms with Crippen LogP contribution in [0.15, 0.2) is 18.2 Å². The fourth-order valence-electron chi connectivity index (χ4n) is 4.82. The zero-order valence-corrected chi connectivity index (χ0v) is 21.5. The SMILES string of the molecule is CCCCCCc1cccc2c1Oc1c(CCCCCC)c(O)c(O)c(CCCCCC)c1O2. The first-order valence-corrected chi connectivity index (χ1v) is 13.7. The van der Waals surface area contributed by atoms with Crippen LogP contribution in [-0.4, -0.2) is 10.2 Å². The summed E-state index contributed by atoms with van der Waals surface area (Å²) in [7, 11) is 0. The lowest BCUT2D eigenvalue weighted by Gasteiger charge is -2.28. The second-order valence-electron chi connectivity index (χ2n) is 9.69. The maximum Gasteiger partial charge on any atom is 0.177 e. The van der Waals surface area contributed by atoms with Crippen molar-refractivity contribution in [2.75, 3.05) is 0 Å². The van der Waals surface area contributed by atoms with Crippen molar-refractivity contribution in [1.29, 1.82) is 0 Å². The number of phenols is 2. The summed E-state index contributed by atoms with van der Waals surface area (Å²) in [4.78, 5) is 0. The molecule has 2 N–H and O–H groups in total. The molecule has 188 valence electrons. The lowest BCUT2D eigenvalue weighted by molar-refractivity contribution is 0.331. The van der Waals surface area contributed by atoms with E-state index in [1.807, 2.05) is 12.1 Å². The van der Waals surface area contributed by atoms with Gasteiger partial charge in [0.1, 0.15) is 0 Å². The Kier molecular flexibility index (Phi) is 10.4. The summed E-state index contributed by atoms with van der Waals surface area (Å²) in [6, 6.07) is 6.08. The average Bonchev–Trinajstić information content (AvgIpc) is 2.85. The van der Waals surface area contributed by atoms with Crippen LogP contribution in [-0.2, 0) is 19.3 Å². The first-order valence-electron chi connectivity index (χ1n) is 13.7. The molecule has 0 saturated heterocycles. The third-order valence-electron chi connectivity index (χ3n) is 6.89. The quantitative estimate of drug-likeness (QED) is 0.172. The van der Waals surface area contributed by atoms with Crippen LogP contribution in [0.5, 0.6) is 34.5 Å². The first kappa shape index (κ1) is 26.2. The molecule has 2 aromatic carbocycles. The second-order valence-corrected chi connectivity index (χ2v) is 9.69. The van der Waals surface area contributed by atoms with E-state index in [1.54, 1.807) is 0 Å². The van der Waals surface area contributed by atoms with E-state index < -0.39 is 0 Å². The van der Waals surface area contributed by atoms with Crippen LogP contribution in [0.2, 0.25) is 0 Å². The minimum atomic E-state index is -0.0384. The molecule has 0 unspecified atom stereocenters. The third kappa shape index (κ3) is 6.40. The van der Waals surface area contributed by atoms with Gasteiger partial charge >= 0.3 is 0 Å². The molecule has 1 aliphatic rings. The van der Waals surface area contributed by atoms with Crippen molar-refractivity contribution in [3.05, 3.63) is 34.9 Å². The van der Waals surface area contributed by atoms with Crippen LogP contribution < -0.4 is 9.47 Å². The highest BCUT2D eigenvalue weighted by atomic mass is 16.6. The summed E-state index contributed by atoms with van der Waals surface area (Å²) in [6.07, 6.45) is 15.7. The van der Waals surface area contributed by atoms with Gasteiger partial charge in [-0.25, -0.2) is 0 Å². The molecule has 0 amide bonds. The first-order chi connectivity index (χ1) is 16.6. The minimum absolute atomic E-state index is 0.0341. The molecule has 0 aromatic heterocycles. The Morgan fingerprint density at radius 3 is 1.59 bits per heavy atom. The molecule has 1 heterocycles. The molecule has 4 nitrogen and oxygen atoms in total. The molecule has 0 radical (unpaired) electrons. The summed E-state index contributed by atoms with van der Waals surface area (Å²) in [6.45, 7) is 6.60. The second kappa shape index (κ2) is 13.5. The summed E-state index contributed by atoms with van der Waals surface area (Å²) in [5.74, 6) is 2.59. The van der Waals surface area contributed by atoms with Gasteiger partial charge in [0.05, 0.1) is 0 Å². The molecule has 0 bridgehead atoms. The van der Waals surface area contributed by atoms with Crippen molar-refractivity contribution in [3.8, 4) is 34.5 Å². The molecule has 3 rings (SSSR count). The van der Waals surface area contributed by atoms with Crippen LogP contribution in [0.3, 0.4) is 0 Å². The van der Waals surface area contributed by atoms with E-state index in [9.17, 15) is 10.2 Å². The van der Waals surface area contributed by atoms with Gasteiger partial charge < -0.3 is 19.7 Å². The van der Waals surface area contributed by atoms with Crippen LogP contribution >= 0.6 is 0 Å². The van der Waals surface area contributed by atoms with Gasteiger partial charge in [0.2, 0.25) is 0 Å². The van der Waals surface area contributed by atoms with Crippen LogP contribution in [0, 0.1) is 0 Å². The molecular weight excluding hydrogens is 424 g/mol. The van der Waals surface area contributed by atoms with Gasteiger partial charge in [-0.3, -0.25) is 0 Å². The molecular formula is C30H44O4. The molecule has 0 aliphatic carbocycles. The molecule has 0 atom stereocenters. The Hall–Kier alpha value is -2.36. The molecule has 34 heavy (non-hydrogen) atoms. The van der Waals surface area contributed by atoms with Gasteiger partial charge in [-0.1, -0.05) is 90.7 Å². The summed E-state index contributed by atoms with van der Waals surface area (Å²) >= 11 is 0. The minimum Gasteiger partial charge on any atom is -0.504 e. The summed E-state index contributed by atoms with van der Waals surface area (Å²) in [5.41, 5.74) is 2.49. The van der Waals surface area contributed by atoms with Gasteiger partial charge in [-0.15, -0.1) is 0 Å². The van der Waals surface area contributed by atoms with Gasteiger partial charge in [0, 0.05) is 11.1 Å². The Balaban J connectivity index is 1.94. The largest absolute Gasteiger partial charge is 0.504 e. The van der Waals surface area contributed by atoms with E-state index in [0.29, 0.717) is 41.2 Å². The number of benzene rings is 2. The maximum atomic E-state index is 11.0. The Labute approximate surface area is 206 Å². The molecule has 1 aliphatic heterocycles. The standard InChI is InChI=1S/C30H44O4/c1-4-7-10-13-17-22-18-16-21-25-28(22)34-30-24(20-15-12-9-6-3)27(32)26(31)23(29(30)33-25)19-14-11-8-5-2/h16,18,21,31-32H,4-15,17,19-20H2,1-3H3. The van der Waals surface area contributed by atoms with E-state index >= 15 is 0 Å². The average molecular weight is 469 g/mol. The highest BCUT2D eigenvalue weighted by molar-refractivity contribution is 5.70. The van der Waals surface area contributed by atoms with Crippen molar-refractivity contribution < 1.29 is 19.7 Å². The van der Waals surface area contributed by atoms with Gasteiger partial charge in [-0.05, 0) is 50.2 Å². The Morgan fingerprint density at radius 1 is 0.559 bits per heavy atom. The monoisotopic (exact) mass is 468 g/mol. The smallest absolute Gasteiger partial charge is 0.177 e. The molecule has 0 fully saturated rings. The number of ether oxygens (including phenoxy) is 2. The molecule has 4 heteroatoms. The number of unbranched alkanes of at least 4 members (excludes halogenated alkanes) is 9. The third-order valence-corrected chi connectivity index (χ3v) is 6.89. The van der Waals surface area contributed by atoms with Gasteiger partial charge in [-0.2, -0.15) is 0 Å². The van der Waals surface area contributed by atoms with Crippen molar-refractivity contribution in [3.63, 3.8) is 0 Å². The van der Waals surface area contributed by atoms with Gasteiger partial charge in [0.25, 0.3) is 0 Å². The van der Waals surface area contributed by atoms with E-state index in [1.165, 1.54) is 19.3 Å². The number of rotatable bonds is 15. The number of phenolic OH excluding ortho intramolecular Hbond substituents is 2. The van der Waals surface area contributed by atoms with Crippen molar-refractivity contribution >= 4 is 0 Å². The van der Waals surface area contributed by atoms with Crippen LogP contribution in [0.4, 0.5) is 0 Å². The van der Waals surface area contributed by atoms with Crippen LogP contribution in [0.1, 0.15) is 115 Å². The highest BCUT2D eigenvalue weighted by Gasteiger charge is 2.31. The van der Waals surface area contributed by atoms with Gasteiger partial charge in [0.15, 0.2) is 34.5 Å². The zero-order chi connectivity index (χ0) is 24.3. The zero-order valence-electron chi connectivity index (χ0n) is 21.5. The number of aromatic hydroxyl groups is 2. The number of hydrogen-bond donors (Lipinski definition) is 2. The molecule has 2 aromatic rings. The highest BCUT2D eigenvalue weighted by Crippen LogP contribution is 2.56. The number of aryl methyl sites for hydroxylation is 1. The number of hydrogen-bond acceptors (Lipinski definition) is 4. The summed E-state index contributed by atoms with van der Waals surface area (Å²) in [5, 5.41) is 22.0. The predicted octanol–water partition coefficient (Wildman–Crippen LogP) is 9.36. The normalized spacial score (nSPS) is 12.1. The lowest BCUT2D eigenvalue weighted by atomic mass is 9.96. The summed E-state index contributed by atoms with van der Waals surface area (Å²) < 4.78 is 13.0. The van der Waals surface area contributed by atoms with E-state index in [0.717, 1.165) is 75.5 Å². The predicted molar refractivity (Wildman–Crippen MR) is 140 cm³/mol. The van der Waals surface area contributed by atoms with E-state index in [-0.39, 0.29) is 11.5 Å². The van der Waals surface area contributed by atoms with Crippen LogP contribution in [0.25, 0.3) is 0 Å². The topological polar surface area (TPSA) is 58.9 Å². The number of fused-ring (bicyclic) bond motifs is 2. The molecule has 0 spiro atoms. The van der Waals surface area contributed by atoms with Crippen molar-refractivity contribution in [2.24, 2.45) is 0 Å². The van der Waals surface area contributed by atoms with E-state index in [2.05, 4.69) is 26.8 Å².